The van der Waals surface area contributed by atoms with E-state index in [0.717, 1.165) is 17.1 Å². The van der Waals surface area contributed by atoms with E-state index in [1.807, 2.05) is 0 Å². The first-order valence-corrected chi connectivity index (χ1v) is 6.77. The van der Waals surface area contributed by atoms with Crippen molar-refractivity contribution in [2.45, 2.75) is 13.5 Å². The van der Waals surface area contributed by atoms with Crippen LogP contribution in [0.4, 0.5) is 8.78 Å². The number of hydrogen-bond acceptors (Lipinski definition) is 4. The van der Waals surface area contributed by atoms with Gasteiger partial charge in [0.15, 0.2) is 17.5 Å². The molecule has 3 aromatic rings. The number of nitrogens with zero attached hydrogens (tertiary/aromatic N) is 3. The van der Waals surface area contributed by atoms with Crippen LogP contribution in [0.15, 0.2) is 18.3 Å². The second-order valence-corrected chi connectivity index (χ2v) is 5.65. The Balaban J connectivity index is 2.29. The van der Waals surface area contributed by atoms with Crippen LogP contribution in [0, 0.1) is 18.6 Å². The summed E-state index contributed by atoms with van der Waals surface area (Å²) in [5.74, 6) is -2.82. The summed E-state index contributed by atoms with van der Waals surface area (Å²) in [7, 11) is 0. The average Bonchev–Trinajstić information content (AvgIpc) is 2.95. The topological polar surface area (TPSA) is 68.0 Å². The van der Waals surface area contributed by atoms with Gasteiger partial charge in [-0.25, -0.2) is 18.7 Å². The van der Waals surface area contributed by atoms with Crippen LogP contribution in [0.25, 0.3) is 21.7 Å². The Morgan fingerprint density at radius 1 is 1.38 bits per heavy atom. The third-order valence-electron chi connectivity index (χ3n) is 2.93. The number of rotatable bonds is 3. The lowest BCUT2D eigenvalue weighted by Crippen LogP contribution is -2.09. The number of carboxylic acid groups (broad SMARTS) is 1. The van der Waals surface area contributed by atoms with Crippen LogP contribution < -0.4 is 0 Å². The van der Waals surface area contributed by atoms with Gasteiger partial charge in [-0.2, -0.15) is 0 Å². The first kappa shape index (κ1) is 13.6. The van der Waals surface area contributed by atoms with Crippen molar-refractivity contribution in [3.05, 3.63) is 35.0 Å². The highest BCUT2D eigenvalue weighted by Crippen LogP contribution is 2.29. The number of aliphatic carboxylic acids is 1. The van der Waals surface area contributed by atoms with Crippen molar-refractivity contribution in [1.29, 1.82) is 0 Å². The Morgan fingerprint density at radius 3 is 2.71 bits per heavy atom. The Kier molecular flexibility index (Phi) is 3.17. The third-order valence-corrected chi connectivity index (χ3v) is 3.83. The Labute approximate surface area is 121 Å². The van der Waals surface area contributed by atoms with E-state index in [0.29, 0.717) is 10.7 Å². The van der Waals surface area contributed by atoms with Gasteiger partial charge in [-0.3, -0.25) is 4.79 Å². The van der Waals surface area contributed by atoms with E-state index in [-0.39, 0.29) is 11.0 Å². The first-order valence-electron chi connectivity index (χ1n) is 5.95. The molecule has 8 heteroatoms. The summed E-state index contributed by atoms with van der Waals surface area (Å²) in [6.45, 7) is 1.41. The zero-order valence-electron chi connectivity index (χ0n) is 10.8. The van der Waals surface area contributed by atoms with E-state index in [9.17, 15) is 13.6 Å². The van der Waals surface area contributed by atoms with Gasteiger partial charge in [-0.1, -0.05) is 0 Å². The minimum atomic E-state index is -1.10. The average molecular weight is 309 g/mol. The molecular formula is C13H9F2N3O2S. The number of carbonyl (C=O) groups is 1. The molecule has 0 radical (unpaired) electrons. The predicted octanol–water partition coefficient (Wildman–Crippen LogP) is 2.83. The quantitative estimate of drug-likeness (QED) is 0.808. The molecule has 1 N–H and O–H groups in total. The largest absolute Gasteiger partial charge is 0.480 e. The Bertz CT molecular complexity index is 857. The van der Waals surface area contributed by atoms with E-state index in [2.05, 4.69) is 9.97 Å². The fourth-order valence-corrected chi connectivity index (χ4v) is 2.84. The van der Waals surface area contributed by atoms with Crippen LogP contribution in [0.3, 0.4) is 0 Å². The van der Waals surface area contributed by atoms with Gasteiger partial charge in [-0.05, 0) is 6.92 Å². The number of halogens is 2. The molecule has 1 aromatic carbocycles. The normalized spacial score (nSPS) is 11.2. The number of aromatic nitrogens is 3. The lowest BCUT2D eigenvalue weighted by molar-refractivity contribution is -0.137. The Hall–Kier alpha value is -2.35. The van der Waals surface area contributed by atoms with Crippen molar-refractivity contribution in [2.24, 2.45) is 0 Å². The maximum absolute atomic E-state index is 13.4. The van der Waals surface area contributed by atoms with Crippen LogP contribution in [0.2, 0.25) is 0 Å². The SMILES string of the molecule is Cc1ncc(-c2nc3cc(F)c(F)cc3n2CC(=O)O)s1. The molecule has 0 aliphatic carbocycles. The molecular weight excluding hydrogens is 300 g/mol. The molecule has 0 fully saturated rings. The highest BCUT2D eigenvalue weighted by molar-refractivity contribution is 7.15. The molecule has 2 heterocycles. The lowest BCUT2D eigenvalue weighted by Gasteiger charge is -2.04. The summed E-state index contributed by atoms with van der Waals surface area (Å²) in [6, 6.07) is 1.92. The maximum Gasteiger partial charge on any atom is 0.323 e. The van der Waals surface area contributed by atoms with Gasteiger partial charge in [0.2, 0.25) is 0 Å². The summed E-state index contributed by atoms with van der Waals surface area (Å²) < 4.78 is 28.1. The standard InChI is InChI=1S/C13H9F2N3O2S/c1-6-16-4-11(21-6)13-17-9-2-7(14)8(15)3-10(9)18(13)5-12(19)20/h2-4H,5H2,1H3,(H,19,20). The van der Waals surface area contributed by atoms with E-state index in [4.69, 9.17) is 5.11 Å². The molecule has 0 atom stereocenters. The summed E-state index contributed by atoms with van der Waals surface area (Å²) in [5, 5.41) is 9.80. The molecule has 0 aliphatic rings. The fourth-order valence-electron chi connectivity index (χ4n) is 2.07. The summed E-state index contributed by atoms with van der Waals surface area (Å²) in [6.07, 6.45) is 1.56. The second kappa shape index (κ2) is 4.88. The molecule has 0 aliphatic heterocycles. The van der Waals surface area contributed by atoms with Crippen molar-refractivity contribution in [3.8, 4) is 10.7 Å². The maximum atomic E-state index is 13.4. The van der Waals surface area contributed by atoms with Crippen LogP contribution >= 0.6 is 11.3 Å². The van der Waals surface area contributed by atoms with E-state index in [1.54, 1.807) is 13.1 Å². The summed E-state index contributed by atoms with van der Waals surface area (Å²) in [5.41, 5.74) is 0.438. The van der Waals surface area contributed by atoms with E-state index >= 15 is 0 Å². The fraction of sp³-hybridized carbons (Fsp3) is 0.154. The summed E-state index contributed by atoms with van der Waals surface area (Å²) >= 11 is 1.33. The van der Waals surface area contributed by atoms with Crippen LogP contribution in [0.1, 0.15) is 5.01 Å². The molecule has 5 nitrogen and oxygen atoms in total. The molecule has 0 amide bonds. The third kappa shape index (κ3) is 2.38. The molecule has 0 bridgehead atoms. The molecule has 3 rings (SSSR count). The van der Waals surface area contributed by atoms with Crippen LogP contribution in [-0.4, -0.2) is 25.6 Å². The van der Waals surface area contributed by atoms with E-state index < -0.39 is 24.1 Å². The first-order chi connectivity index (χ1) is 9.95. The smallest absolute Gasteiger partial charge is 0.323 e. The van der Waals surface area contributed by atoms with Crippen molar-refractivity contribution < 1.29 is 18.7 Å². The zero-order valence-corrected chi connectivity index (χ0v) is 11.6. The zero-order chi connectivity index (χ0) is 15.1. The van der Waals surface area contributed by atoms with Gasteiger partial charge in [0, 0.05) is 18.3 Å². The van der Waals surface area contributed by atoms with E-state index in [1.165, 1.54) is 15.9 Å². The predicted molar refractivity (Wildman–Crippen MR) is 73.1 cm³/mol. The van der Waals surface area contributed by atoms with Crippen molar-refractivity contribution >= 4 is 28.3 Å². The molecule has 0 spiro atoms. The van der Waals surface area contributed by atoms with Crippen LogP contribution in [0.5, 0.6) is 0 Å². The van der Waals surface area contributed by atoms with Crippen molar-refractivity contribution in [3.63, 3.8) is 0 Å². The lowest BCUT2D eigenvalue weighted by atomic mass is 10.3. The number of thiazole rings is 1. The van der Waals surface area contributed by atoms with Gasteiger partial charge >= 0.3 is 5.97 Å². The molecule has 21 heavy (non-hydrogen) atoms. The summed E-state index contributed by atoms with van der Waals surface area (Å²) in [4.78, 5) is 20.0. The number of imidazole rings is 1. The highest BCUT2D eigenvalue weighted by atomic mass is 32.1. The minimum Gasteiger partial charge on any atom is -0.480 e. The number of aryl methyl sites for hydroxylation is 1. The van der Waals surface area contributed by atoms with Gasteiger partial charge in [0.25, 0.3) is 0 Å². The number of hydrogen-bond donors (Lipinski definition) is 1. The molecule has 108 valence electrons. The highest BCUT2D eigenvalue weighted by Gasteiger charge is 2.18. The number of carboxylic acids is 1. The molecule has 2 aromatic heterocycles. The number of fused-ring (bicyclic) bond motifs is 1. The Morgan fingerprint density at radius 2 is 2.10 bits per heavy atom. The number of benzene rings is 1. The second-order valence-electron chi connectivity index (χ2n) is 4.41. The van der Waals surface area contributed by atoms with Crippen molar-refractivity contribution in [2.75, 3.05) is 0 Å². The van der Waals surface area contributed by atoms with Crippen molar-refractivity contribution in [1.82, 2.24) is 14.5 Å². The molecule has 0 saturated heterocycles. The molecule has 0 saturated carbocycles. The molecule has 0 unspecified atom stereocenters. The monoisotopic (exact) mass is 309 g/mol. The van der Waals surface area contributed by atoms with Gasteiger partial charge in [0.1, 0.15) is 6.54 Å². The minimum absolute atomic E-state index is 0.205. The van der Waals surface area contributed by atoms with Gasteiger partial charge < -0.3 is 9.67 Å². The van der Waals surface area contributed by atoms with Gasteiger partial charge in [-0.15, -0.1) is 11.3 Å². The van der Waals surface area contributed by atoms with Gasteiger partial charge in [0.05, 0.1) is 20.9 Å². The van der Waals surface area contributed by atoms with Crippen LogP contribution in [-0.2, 0) is 11.3 Å².